The zero-order valence-electron chi connectivity index (χ0n) is 13.6. The number of pyridine rings is 1. The van der Waals surface area contributed by atoms with Crippen molar-refractivity contribution in [1.29, 1.82) is 0 Å². The van der Waals surface area contributed by atoms with Crippen molar-refractivity contribution in [2.24, 2.45) is 0 Å². The smallest absolute Gasteiger partial charge is 0.0740 e. The molecular formula is C19H23ClN2O. The molecule has 1 aromatic carbocycles. The van der Waals surface area contributed by atoms with E-state index < -0.39 is 0 Å². The van der Waals surface area contributed by atoms with E-state index in [2.05, 4.69) is 24.0 Å². The van der Waals surface area contributed by atoms with E-state index in [4.69, 9.17) is 21.3 Å². The van der Waals surface area contributed by atoms with Gasteiger partial charge in [0.2, 0.25) is 0 Å². The first-order valence-corrected chi connectivity index (χ1v) is 9.01. The van der Waals surface area contributed by atoms with Crippen LogP contribution in [-0.2, 0) is 11.3 Å². The number of benzene rings is 1. The highest BCUT2D eigenvalue weighted by molar-refractivity contribution is 6.32. The summed E-state index contributed by atoms with van der Waals surface area (Å²) in [5, 5.41) is 1.97. The molecule has 1 aliphatic heterocycles. The summed E-state index contributed by atoms with van der Waals surface area (Å²) in [5.41, 5.74) is 3.19. The summed E-state index contributed by atoms with van der Waals surface area (Å²) in [6.07, 6.45) is 5.42. The van der Waals surface area contributed by atoms with Gasteiger partial charge in [0.15, 0.2) is 0 Å². The van der Waals surface area contributed by atoms with Crippen molar-refractivity contribution < 1.29 is 4.74 Å². The third kappa shape index (κ3) is 2.86. The molecule has 2 fully saturated rings. The molecule has 2 heterocycles. The molecule has 1 saturated heterocycles. The highest BCUT2D eigenvalue weighted by atomic mass is 35.5. The Hall–Kier alpha value is -1.16. The molecule has 0 unspecified atom stereocenters. The fourth-order valence-corrected chi connectivity index (χ4v) is 4.29. The molecule has 23 heavy (non-hydrogen) atoms. The predicted molar refractivity (Wildman–Crippen MR) is 93.9 cm³/mol. The van der Waals surface area contributed by atoms with Gasteiger partial charge in [-0.25, -0.2) is 4.98 Å². The molecule has 2 aromatic rings. The summed E-state index contributed by atoms with van der Waals surface area (Å²) in [6.45, 7) is 4.73. The van der Waals surface area contributed by atoms with Gasteiger partial charge in [-0.2, -0.15) is 0 Å². The molecule has 2 aliphatic rings. The van der Waals surface area contributed by atoms with Crippen LogP contribution in [0.5, 0.6) is 0 Å². The topological polar surface area (TPSA) is 25.4 Å². The minimum absolute atomic E-state index is 0.401. The van der Waals surface area contributed by atoms with Crippen LogP contribution in [0.25, 0.3) is 10.9 Å². The van der Waals surface area contributed by atoms with Crippen LogP contribution in [0.3, 0.4) is 0 Å². The summed E-state index contributed by atoms with van der Waals surface area (Å²) in [5.74, 6) is 0. The van der Waals surface area contributed by atoms with E-state index in [0.717, 1.165) is 46.9 Å². The van der Waals surface area contributed by atoms with E-state index in [9.17, 15) is 0 Å². The van der Waals surface area contributed by atoms with Crippen molar-refractivity contribution in [1.82, 2.24) is 9.88 Å². The monoisotopic (exact) mass is 330 g/mol. The number of para-hydroxylation sites is 1. The van der Waals surface area contributed by atoms with E-state index in [-0.39, 0.29) is 0 Å². The normalized spacial score (nSPS) is 25.5. The van der Waals surface area contributed by atoms with Gasteiger partial charge in [0.1, 0.15) is 0 Å². The highest BCUT2D eigenvalue weighted by Crippen LogP contribution is 2.32. The van der Waals surface area contributed by atoms with Gasteiger partial charge in [-0.15, -0.1) is 0 Å². The van der Waals surface area contributed by atoms with E-state index in [1.807, 2.05) is 12.1 Å². The van der Waals surface area contributed by atoms with Crippen molar-refractivity contribution in [3.05, 3.63) is 40.5 Å². The predicted octanol–water partition coefficient (Wildman–Crippen LogP) is 4.34. The lowest BCUT2D eigenvalue weighted by Gasteiger charge is -2.43. The quantitative estimate of drug-likeness (QED) is 0.819. The Morgan fingerprint density at radius 1 is 1.26 bits per heavy atom. The van der Waals surface area contributed by atoms with Crippen LogP contribution in [0.4, 0.5) is 0 Å². The van der Waals surface area contributed by atoms with Gasteiger partial charge < -0.3 is 4.74 Å². The number of nitrogens with zero attached hydrogens (tertiary/aromatic N) is 2. The molecule has 0 N–H and O–H groups in total. The first-order valence-electron chi connectivity index (χ1n) is 8.63. The van der Waals surface area contributed by atoms with Gasteiger partial charge in [-0.1, -0.05) is 42.6 Å². The molecule has 1 saturated carbocycles. The van der Waals surface area contributed by atoms with Gasteiger partial charge in [0.05, 0.1) is 28.9 Å². The van der Waals surface area contributed by atoms with Crippen molar-refractivity contribution in [3.8, 4) is 0 Å². The average Bonchev–Trinajstić information content (AvgIpc) is 2.60. The summed E-state index contributed by atoms with van der Waals surface area (Å²) < 4.78 is 5.98. The zero-order chi connectivity index (χ0) is 15.8. The van der Waals surface area contributed by atoms with E-state index >= 15 is 0 Å². The molecule has 4 heteroatoms. The van der Waals surface area contributed by atoms with E-state index in [1.165, 1.54) is 25.7 Å². The van der Waals surface area contributed by atoms with Crippen LogP contribution in [0.2, 0.25) is 5.02 Å². The highest BCUT2D eigenvalue weighted by Gasteiger charge is 2.34. The van der Waals surface area contributed by atoms with E-state index in [0.29, 0.717) is 12.1 Å². The number of hydrogen-bond acceptors (Lipinski definition) is 3. The van der Waals surface area contributed by atoms with Crippen LogP contribution in [0.1, 0.15) is 36.9 Å². The Morgan fingerprint density at radius 3 is 3.00 bits per heavy atom. The third-order valence-corrected chi connectivity index (χ3v) is 5.85. The largest absolute Gasteiger partial charge is 0.375 e. The lowest BCUT2D eigenvalue weighted by Crippen LogP contribution is -2.52. The summed E-state index contributed by atoms with van der Waals surface area (Å²) in [6, 6.07) is 8.78. The summed E-state index contributed by atoms with van der Waals surface area (Å²) >= 11 is 6.65. The zero-order valence-corrected chi connectivity index (χ0v) is 14.4. The number of fused-ring (bicyclic) bond motifs is 2. The summed E-state index contributed by atoms with van der Waals surface area (Å²) in [7, 11) is 0. The number of aryl methyl sites for hydroxylation is 1. The molecule has 0 amide bonds. The Labute approximate surface area is 142 Å². The Morgan fingerprint density at radius 2 is 2.09 bits per heavy atom. The Balaban J connectivity index is 1.65. The molecule has 2 atom stereocenters. The number of morpholine rings is 1. The first-order chi connectivity index (χ1) is 11.2. The second-order valence-corrected chi connectivity index (χ2v) is 7.12. The average molecular weight is 331 g/mol. The molecule has 3 nitrogen and oxygen atoms in total. The Bertz CT molecular complexity index is 716. The minimum Gasteiger partial charge on any atom is -0.375 e. The van der Waals surface area contributed by atoms with Crippen LogP contribution in [-0.4, -0.2) is 35.2 Å². The van der Waals surface area contributed by atoms with Gasteiger partial charge in [0.25, 0.3) is 0 Å². The molecule has 122 valence electrons. The second-order valence-electron chi connectivity index (χ2n) is 6.75. The third-order valence-electron chi connectivity index (χ3n) is 5.35. The molecule has 0 bridgehead atoms. The van der Waals surface area contributed by atoms with Crippen molar-refractivity contribution in [3.63, 3.8) is 0 Å². The molecule has 0 radical (unpaired) electrons. The van der Waals surface area contributed by atoms with Gasteiger partial charge >= 0.3 is 0 Å². The number of aromatic nitrogens is 1. The van der Waals surface area contributed by atoms with Crippen molar-refractivity contribution >= 4 is 22.5 Å². The number of hydrogen-bond donors (Lipinski definition) is 0. The second kappa shape index (κ2) is 6.39. The molecule has 1 aromatic heterocycles. The lowest BCUT2D eigenvalue weighted by molar-refractivity contribution is -0.0914. The SMILES string of the molecule is Cc1c(Cl)c(CN2CCO[C@H]3CCCC[C@@H]32)nc2ccccc12. The lowest BCUT2D eigenvalue weighted by atomic mass is 9.90. The first kappa shape index (κ1) is 15.4. The molecular weight excluding hydrogens is 308 g/mol. The van der Waals surface area contributed by atoms with Crippen LogP contribution < -0.4 is 0 Å². The van der Waals surface area contributed by atoms with Gasteiger partial charge in [-0.3, -0.25) is 4.90 Å². The van der Waals surface area contributed by atoms with Crippen LogP contribution >= 0.6 is 11.6 Å². The Kier molecular flexibility index (Phi) is 4.27. The molecule has 1 aliphatic carbocycles. The molecule has 0 spiro atoms. The van der Waals surface area contributed by atoms with Crippen molar-refractivity contribution in [2.45, 2.75) is 51.3 Å². The van der Waals surface area contributed by atoms with Crippen LogP contribution in [0.15, 0.2) is 24.3 Å². The standard InChI is InChI=1S/C19H23ClN2O/c1-13-14-6-2-3-7-15(14)21-16(19(13)20)12-22-10-11-23-18-9-5-4-8-17(18)22/h2-3,6-7,17-18H,4-5,8-12H2,1H3/t17-,18-/m0/s1. The van der Waals surface area contributed by atoms with Gasteiger partial charge in [-0.05, 0) is 31.4 Å². The van der Waals surface area contributed by atoms with Crippen LogP contribution in [0, 0.1) is 6.92 Å². The number of ether oxygens (including phenoxy) is 1. The molecule has 4 rings (SSSR count). The van der Waals surface area contributed by atoms with Gasteiger partial charge in [0, 0.05) is 24.5 Å². The fraction of sp³-hybridized carbons (Fsp3) is 0.526. The maximum atomic E-state index is 6.65. The maximum Gasteiger partial charge on any atom is 0.0740 e. The minimum atomic E-state index is 0.401. The van der Waals surface area contributed by atoms with Crippen molar-refractivity contribution in [2.75, 3.05) is 13.2 Å². The van der Waals surface area contributed by atoms with E-state index in [1.54, 1.807) is 0 Å². The maximum absolute atomic E-state index is 6.65. The summed E-state index contributed by atoms with van der Waals surface area (Å²) in [4.78, 5) is 7.39. The number of halogens is 1. The fourth-order valence-electron chi connectivity index (χ4n) is 4.09. The number of rotatable bonds is 2.